The van der Waals surface area contributed by atoms with Crippen LogP contribution in [-0.2, 0) is 6.54 Å². The smallest absolute Gasteiger partial charge is 0.123 e. The molecule has 96 valence electrons. The molecular formula is C14H17FN2S. The van der Waals surface area contributed by atoms with Crippen molar-refractivity contribution in [1.29, 1.82) is 0 Å². The molecule has 0 fully saturated rings. The molecular weight excluding hydrogens is 247 g/mol. The molecule has 1 unspecified atom stereocenters. The highest BCUT2D eigenvalue weighted by Gasteiger charge is 2.15. The van der Waals surface area contributed by atoms with E-state index in [4.69, 9.17) is 0 Å². The summed E-state index contributed by atoms with van der Waals surface area (Å²) in [6, 6.07) is 6.95. The van der Waals surface area contributed by atoms with Crippen LogP contribution in [-0.4, -0.2) is 4.98 Å². The normalized spacial score (nSPS) is 12.9. The van der Waals surface area contributed by atoms with Crippen LogP contribution in [0.4, 0.5) is 4.39 Å². The molecule has 0 saturated carbocycles. The van der Waals surface area contributed by atoms with Gasteiger partial charge in [0.05, 0.1) is 5.51 Å². The molecule has 0 radical (unpaired) electrons. The SMILES string of the molecule is CC(C)C(NCc1cncs1)c1ccc(F)cc1. The largest absolute Gasteiger partial charge is 0.305 e. The molecule has 2 aromatic rings. The van der Waals surface area contributed by atoms with E-state index in [1.807, 2.05) is 23.8 Å². The molecule has 0 aliphatic heterocycles. The van der Waals surface area contributed by atoms with Gasteiger partial charge < -0.3 is 5.32 Å². The van der Waals surface area contributed by atoms with Crippen molar-refractivity contribution in [3.8, 4) is 0 Å². The quantitative estimate of drug-likeness (QED) is 0.889. The summed E-state index contributed by atoms with van der Waals surface area (Å²) in [6.45, 7) is 5.12. The first-order chi connectivity index (χ1) is 8.66. The molecule has 2 nitrogen and oxygen atoms in total. The molecule has 0 saturated heterocycles. The highest BCUT2D eigenvalue weighted by molar-refractivity contribution is 7.09. The Morgan fingerprint density at radius 1 is 1.28 bits per heavy atom. The Balaban J connectivity index is 2.06. The zero-order chi connectivity index (χ0) is 13.0. The number of benzene rings is 1. The van der Waals surface area contributed by atoms with Gasteiger partial charge in [-0.25, -0.2) is 4.39 Å². The monoisotopic (exact) mass is 264 g/mol. The van der Waals surface area contributed by atoms with Crippen molar-refractivity contribution >= 4 is 11.3 Å². The van der Waals surface area contributed by atoms with E-state index in [9.17, 15) is 4.39 Å². The van der Waals surface area contributed by atoms with E-state index in [0.29, 0.717) is 5.92 Å². The summed E-state index contributed by atoms with van der Waals surface area (Å²) < 4.78 is 12.9. The number of aromatic nitrogens is 1. The zero-order valence-corrected chi connectivity index (χ0v) is 11.4. The van der Waals surface area contributed by atoms with Crippen molar-refractivity contribution in [2.24, 2.45) is 5.92 Å². The minimum absolute atomic E-state index is 0.191. The third-order valence-electron chi connectivity index (χ3n) is 2.88. The van der Waals surface area contributed by atoms with Gasteiger partial charge in [-0.2, -0.15) is 0 Å². The lowest BCUT2D eigenvalue weighted by molar-refractivity contribution is 0.411. The Labute approximate surface area is 111 Å². The van der Waals surface area contributed by atoms with E-state index in [0.717, 1.165) is 12.1 Å². The molecule has 1 atom stereocenters. The van der Waals surface area contributed by atoms with E-state index in [2.05, 4.69) is 24.1 Å². The lowest BCUT2D eigenvalue weighted by Gasteiger charge is -2.22. The van der Waals surface area contributed by atoms with Gasteiger partial charge in [0.1, 0.15) is 5.82 Å². The van der Waals surface area contributed by atoms with Gasteiger partial charge >= 0.3 is 0 Å². The average Bonchev–Trinajstić information content (AvgIpc) is 2.84. The predicted octanol–water partition coefficient (Wildman–Crippen LogP) is 3.77. The van der Waals surface area contributed by atoms with Crippen LogP contribution in [0, 0.1) is 11.7 Å². The van der Waals surface area contributed by atoms with Crippen molar-refractivity contribution in [1.82, 2.24) is 10.3 Å². The van der Waals surface area contributed by atoms with Crippen LogP contribution < -0.4 is 5.32 Å². The van der Waals surface area contributed by atoms with Crippen molar-refractivity contribution in [3.05, 3.63) is 52.2 Å². The number of halogens is 1. The van der Waals surface area contributed by atoms with Crippen LogP contribution in [0.25, 0.3) is 0 Å². The first-order valence-corrected chi connectivity index (χ1v) is 6.91. The standard InChI is InChI=1S/C14H17FN2S/c1-10(2)14(11-3-5-12(15)6-4-11)17-8-13-7-16-9-18-13/h3-7,9-10,14,17H,8H2,1-2H3. The van der Waals surface area contributed by atoms with Crippen LogP contribution in [0.3, 0.4) is 0 Å². The van der Waals surface area contributed by atoms with Crippen LogP contribution in [0.5, 0.6) is 0 Å². The van der Waals surface area contributed by atoms with Crippen molar-refractivity contribution in [3.63, 3.8) is 0 Å². The lowest BCUT2D eigenvalue weighted by Crippen LogP contribution is -2.25. The van der Waals surface area contributed by atoms with E-state index < -0.39 is 0 Å². The van der Waals surface area contributed by atoms with Crippen molar-refractivity contribution < 1.29 is 4.39 Å². The molecule has 0 bridgehead atoms. The Kier molecular flexibility index (Phi) is 4.44. The predicted molar refractivity (Wildman–Crippen MR) is 72.9 cm³/mol. The minimum atomic E-state index is -0.191. The van der Waals surface area contributed by atoms with Gasteiger partial charge in [-0.3, -0.25) is 4.98 Å². The van der Waals surface area contributed by atoms with E-state index >= 15 is 0 Å². The summed E-state index contributed by atoms with van der Waals surface area (Å²) in [5, 5.41) is 3.51. The number of nitrogens with zero attached hydrogens (tertiary/aromatic N) is 1. The highest BCUT2D eigenvalue weighted by Crippen LogP contribution is 2.22. The minimum Gasteiger partial charge on any atom is -0.305 e. The molecule has 4 heteroatoms. The average molecular weight is 264 g/mol. The van der Waals surface area contributed by atoms with E-state index in [-0.39, 0.29) is 11.9 Å². The third kappa shape index (κ3) is 3.37. The molecule has 0 aliphatic carbocycles. The fourth-order valence-corrected chi connectivity index (χ4v) is 2.49. The molecule has 0 amide bonds. The second kappa shape index (κ2) is 6.07. The van der Waals surface area contributed by atoms with Crippen molar-refractivity contribution in [2.45, 2.75) is 26.4 Å². The fraction of sp³-hybridized carbons (Fsp3) is 0.357. The lowest BCUT2D eigenvalue weighted by atomic mass is 9.96. The van der Waals surface area contributed by atoms with E-state index in [1.54, 1.807) is 11.3 Å². The van der Waals surface area contributed by atoms with Gasteiger partial charge in [0.25, 0.3) is 0 Å². The Bertz CT molecular complexity index is 465. The molecule has 1 aromatic heterocycles. The van der Waals surface area contributed by atoms with Gasteiger partial charge in [-0.05, 0) is 23.6 Å². The van der Waals surface area contributed by atoms with Crippen LogP contribution >= 0.6 is 11.3 Å². The second-order valence-electron chi connectivity index (χ2n) is 4.62. The van der Waals surface area contributed by atoms with Gasteiger partial charge in [0.15, 0.2) is 0 Å². The number of thiazole rings is 1. The van der Waals surface area contributed by atoms with Gasteiger partial charge in [-0.15, -0.1) is 11.3 Å². The highest BCUT2D eigenvalue weighted by atomic mass is 32.1. The second-order valence-corrected chi connectivity index (χ2v) is 5.59. The van der Waals surface area contributed by atoms with Gasteiger partial charge in [0, 0.05) is 23.7 Å². The maximum atomic E-state index is 12.9. The summed E-state index contributed by atoms with van der Waals surface area (Å²) in [6.07, 6.45) is 1.87. The van der Waals surface area contributed by atoms with Crippen LogP contribution in [0.15, 0.2) is 36.0 Å². The first-order valence-electron chi connectivity index (χ1n) is 6.03. The van der Waals surface area contributed by atoms with Gasteiger partial charge in [-0.1, -0.05) is 26.0 Å². The Morgan fingerprint density at radius 2 is 2.00 bits per heavy atom. The maximum Gasteiger partial charge on any atom is 0.123 e. The van der Waals surface area contributed by atoms with Crippen LogP contribution in [0.2, 0.25) is 0 Å². The fourth-order valence-electron chi connectivity index (χ4n) is 1.95. The third-order valence-corrected chi connectivity index (χ3v) is 3.66. The summed E-state index contributed by atoms with van der Waals surface area (Å²) >= 11 is 1.64. The van der Waals surface area contributed by atoms with Crippen LogP contribution in [0.1, 0.15) is 30.3 Å². The summed E-state index contributed by atoms with van der Waals surface area (Å²) in [5.74, 6) is 0.257. The van der Waals surface area contributed by atoms with Crippen molar-refractivity contribution in [2.75, 3.05) is 0 Å². The Morgan fingerprint density at radius 3 is 2.56 bits per heavy atom. The van der Waals surface area contributed by atoms with E-state index in [1.165, 1.54) is 17.0 Å². The summed E-state index contributed by atoms with van der Waals surface area (Å²) in [4.78, 5) is 5.27. The topological polar surface area (TPSA) is 24.9 Å². The zero-order valence-electron chi connectivity index (χ0n) is 10.6. The summed E-state index contributed by atoms with van der Waals surface area (Å²) in [5.41, 5.74) is 2.95. The molecule has 1 N–H and O–H groups in total. The number of hydrogen-bond acceptors (Lipinski definition) is 3. The molecule has 0 aliphatic rings. The molecule has 2 rings (SSSR count). The number of rotatable bonds is 5. The number of hydrogen-bond donors (Lipinski definition) is 1. The Hall–Kier alpha value is -1.26. The van der Waals surface area contributed by atoms with Gasteiger partial charge in [0.2, 0.25) is 0 Å². The maximum absolute atomic E-state index is 12.9. The molecule has 1 aromatic carbocycles. The molecule has 18 heavy (non-hydrogen) atoms. The summed E-state index contributed by atoms with van der Waals surface area (Å²) in [7, 11) is 0. The number of nitrogens with one attached hydrogen (secondary N) is 1. The molecule has 0 spiro atoms. The first kappa shape index (κ1) is 13.2. The molecule has 1 heterocycles.